The van der Waals surface area contributed by atoms with Crippen LogP contribution in [-0.2, 0) is 13.0 Å². The zero-order valence-electron chi connectivity index (χ0n) is 15.9. The fourth-order valence-corrected chi connectivity index (χ4v) is 2.45. The summed E-state index contributed by atoms with van der Waals surface area (Å²) in [5.41, 5.74) is 2.50. The van der Waals surface area contributed by atoms with Crippen LogP contribution in [0.1, 0.15) is 23.6 Å². The van der Waals surface area contributed by atoms with E-state index in [9.17, 15) is 9.50 Å². The van der Waals surface area contributed by atoms with E-state index in [2.05, 4.69) is 15.6 Å². The van der Waals surface area contributed by atoms with Crippen molar-refractivity contribution < 1.29 is 14.2 Å². The van der Waals surface area contributed by atoms with Gasteiger partial charge in [0, 0.05) is 13.1 Å². The summed E-state index contributed by atoms with van der Waals surface area (Å²) in [5.74, 6) is 1.06. The number of benzene rings is 2. The first-order valence-electron chi connectivity index (χ1n) is 8.66. The minimum absolute atomic E-state index is 0. The van der Waals surface area contributed by atoms with Crippen LogP contribution in [0, 0.1) is 12.7 Å². The highest BCUT2D eigenvalue weighted by molar-refractivity contribution is 14.0. The second-order valence-corrected chi connectivity index (χ2v) is 5.96. The van der Waals surface area contributed by atoms with Gasteiger partial charge in [-0.2, -0.15) is 0 Å². The van der Waals surface area contributed by atoms with Crippen molar-refractivity contribution >= 4 is 29.9 Å². The van der Waals surface area contributed by atoms with Crippen molar-refractivity contribution in [1.82, 2.24) is 10.6 Å². The maximum atomic E-state index is 13.6. The standard InChI is InChI=1S/C20H26FN3O2.HI/c1-4-22-20(24-13-16-6-5-14(2)17(21)11-16)23-10-9-15-7-8-18(25)19(12-15)26-3;/h5-8,11-12,25H,4,9-10,13H2,1-3H3,(H2,22,23,24);1H. The molecule has 148 valence electrons. The molecule has 2 aromatic rings. The largest absolute Gasteiger partial charge is 0.504 e. The van der Waals surface area contributed by atoms with Crippen molar-refractivity contribution in [2.75, 3.05) is 20.2 Å². The Hall–Kier alpha value is -2.03. The highest BCUT2D eigenvalue weighted by Gasteiger charge is 2.04. The van der Waals surface area contributed by atoms with E-state index in [1.165, 1.54) is 13.2 Å². The van der Waals surface area contributed by atoms with Crippen molar-refractivity contribution in [1.29, 1.82) is 0 Å². The quantitative estimate of drug-likeness (QED) is 0.316. The average Bonchev–Trinajstić information content (AvgIpc) is 2.63. The lowest BCUT2D eigenvalue weighted by atomic mass is 10.1. The fourth-order valence-electron chi connectivity index (χ4n) is 2.45. The average molecular weight is 487 g/mol. The lowest BCUT2D eigenvalue weighted by molar-refractivity contribution is 0.373. The van der Waals surface area contributed by atoms with E-state index in [-0.39, 0.29) is 35.5 Å². The Morgan fingerprint density at radius 1 is 1.15 bits per heavy atom. The number of hydrogen-bond acceptors (Lipinski definition) is 3. The molecule has 0 saturated carbocycles. The molecular formula is C20H27FIN3O2. The van der Waals surface area contributed by atoms with Gasteiger partial charge in [-0.1, -0.05) is 18.2 Å². The van der Waals surface area contributed by atoms with Crippen molar-refractivity contribution in [3.05, 3.63) is 58.9 Å². The Balaban J connectivity index is 0.00000364. The molecule has 0 spiro atoms. The zero-order chi connectivity index (χ0) is 18.9. The molecule has 3 N–H and O–H groups in total. The number of ether oxygens (including phenoxy) is 1. The van der Waals surface area contributed by atoms with Gasteiger partial charge in [0.25, 0.3) is 0 Å². The molecule has 0 amide bonds. The number of nitrogens with one attached hydrogen (secondary N) is 2. The first kappa shape index (κ1) is 23.0. The van der Waals surface area contributed by atoms with E-state index in [4.69, 9.17) is 4.74 Å². The second-order valence-electron chi connectivity index (χ2n) is 5.96. The third kappa shape index (κ3) is 7.24. The highest BCUT2D eigenvalue weighted by atomic mass is 127. The van der Waals surface area contributed by atoms with Crippen LogP contribution >= 0.6 is 24.0 Å². The number of aliphatic imine (C=N–C) groups is 1. The maximum Gasteiger partial charge on any atom is 0.191 e. The van der Waals surface area contributed by atoms with Crippen molar-refractivity contribution in [2.24, 2.45) is 4.99 Å². The van der Waals surface area contributed by atoms with Gasteiger partial charge in [-0.05, 0) is 55.2 Å². The molecule has 0 aliphatic carbocycles. The lowest BCUT2D eigenvalue weighted by Gasteiger charge is -2.12. The predicted octanol–water partition coefficient (Wildman–Crippen LogP) is 3.76. The van der Waals surface area contributed by atoms with E-state index in [1.54, 1.807) is 19.1 Å². The van der Waals surface area contributed by atoms with Gasteiger partial charge in [-0.15, -0.1) is 24.0 Å². The molecule has 0 heterocycles. The number of nitrogens with zero attached hydrogens (tertiary/aromatic N) is 1. The Kier molecular flexibility index (Phi) is 9.92. The number of hydrogen-bond donors (Lipinski definition) is 3. The molecule has 7 heteroatoms. The summed E-state index contributed by atoms with van der Waals surface area (Å²) >= 11 is 0. The number of methoxy groups -OCH3 is 1. The number of phenolic OH excluding ortho intramolecular Hbond substituents is 1. The summed E-state index contributed by atoms with van der Waals surface area (Å²) in [6, 6.07) is 10.5. The fraction of sp³-hybridized carbons (Fsp3) is 0.350. The summed E-state index contributed by atoms with van der Waals surface area (Å²) in [5, 5.41) is 16.1. The molecule has 0 aliphatic rings. The zero-order valence-corrected chi connectivity index (χ0v) is 18.2. The van der Waals surface area contributed by atoms with Crippen LogP contribution in [0.15, 0.2) is 41.4 Å². The highest BCUT2D eigenvalue weighted by Crippen LogP contribution is 2.26. The second kappa shape index (κ2) is 11.6. The smallest absolute Gasteiger partial charge is 0.191 e. The summed E-state index contributed by atoms with van der Waals surface area (Å²) in [4.78, 5) is 4.50. The predicted molar refractivity (Wildman–Crippen MR) is 118 cm³/mol. The van der Waals surface area contributed by atoms with Crippen LogP contribution in [0.25, 0.3) is 0 Å². The van der Waals surface area contributed by atoms with Gasteiger partial charge < -0.3 is 20.5 Å². The monoisotopic (exact) mass is 487 g/mol. The molecule has 0 aliphatic heterocycles. The van der Waals surface area contributed by atoms with Crippen molar-refractivity contribution in [2.45, 2.75) is 26.8 Å². The van der Waals surface area contributed by atoms with E-state index >= 15 is 0 Å². The molecule has 2 aromatic carbocycles. The number of guanidine groups is 1. The van der Waals surface area contributed by atoms with Crippen LogP contribution in [0.2, 0.25) is 0 Å². The molecule has 2 rings (SSSR count). The Bertz CT molecular complexity index is 769. The van der Waals surface area contributed by atoms with Gasteiger partial charge in [0.15, 0.2) is 17.5 Å². The Morgan fingerprint density at radius 2 is 1.89 bits per heavy atom. The number of aryl methyl sites for hydroxylation is 1. The van der Waals surface area contributed by atoms with E-state index < -0.39 is 0 Å². The van der Waals surface area contributed by atoms with Crippen LogP contribution < -0.4 is 15.4 Å². The summed E-state index contributed by atoms with van der Waals surface area (Å²) in [6.45, 7) is 5.54. The molecule has 5 nitrogen and oxygen atoms in total. The molecule has 0 fully saturated rings. The first-order chi connectivity index (χ1) is 12.5. The summed E-state index contributed by atoms with van der Waals surface area (Å²) in [6.07, 6.45) is 0.750. The molecule has 0 unspecified atom stereocenters. The van der Waals surface area contributed by atoms with Gasteiger partial charge >= 0.3 is 0 Å². The first-order valence-corrected chi connectivity index (χ1v) is 8.66. The minimum Gasteiger partial charge on any atom is -0.504 e. The van der Waals surface area contributed by atoms with Crippen LogP contribution in [0.4, 0.5) is 4.39 Å². The van der Waals surface area contributed by atoms with Crippen LogP contribution in [0.3, 0.4) is 0 Å². The number of phenols is 1. The molecule has 0 atom stereocenters. The minimum atomic E-state index is -0.211. The molecule has 0 radical (unpaired) electrons. The van der Waals surface area contributed by atoms with Gasteiger partial charge in [0.1, 0.15) is 5.82 Å². The molecule has 27 heavy (non-hydrogen) atoms. The molecular weight excluding hydrogens is 460 g/mol. The van der Waals surface area contributed by atoms with Crippen molar-refractivity contribution in [3.8, 4) is 11.5 Å². The van der Waals surface area contributed by atoms with Crippen LogP contribution in [0.5, 0.6) is 11.5 Å². The number of aromatic hydroxyl groups is 1. The lowest BCUT2D eigenvalue weighted by Crippen LogP contribution is -2.38. The number of halogens is 2. The van der Waals surface area contributed by atoms with Crippen molar-refractivity contribution in [3.63, 3.8) is 0 Å². The molecule has 0 saturated heterocycles. The van der Waals surface area contributed by atoms with Gasteiger partial charge in [-0.3, -0.25) is 0 Å². The Labute approximate surface area is 177 Å². The van der Waals surface area contributed by atoms with Gasteiger partial charge in [0.05, 0.1) is 13.7 Å². The van der Waals surface area contributed by atoms with Gasteiger partial charge in [0.2, 0.25) is 0 Å². The SMILES string of the molecule is CCNC(=NCc1ccc(C)c(F)c1)NCCc1ccc(O)c(OC)c1.I. The Morgan fingerprint density at radius 3 is 2.56 bits per heavy atom. The van der Waals surface area contributed by atoms with E-state index in [1.807, 2.05) is 25.1 Å². The summed E-state index contributed by atoms with van der Waals surface area (Å²) < 4.78 is 18.7. The van der Waals surface area contributed by atoms with E-state index in [0.717, 1.165) is 24.1 Å². The van der Waals surface area contributed by atoms with Crippen LogP contribution in [-0.4, -0.2) is 31.3 Å². The van der Waals surface area contributed by atoms with E-state index in [0.29, 0.717) is 30.4 Å². The topological polar surface area (TPSA) is 65.9 Å². The normalized spacial score (nSPS) is 10.9. The molecule has 0 aromatic heterocycles. The maximum absolute atomic E-state index is 13.6. The van der Waals surface area contributed by atoms with Gasteiger partial charge in [-0.25, -0.2) is 9.38 Å². The third-order valence-corrected chi connectivity index (χ3v) is 3.95. The summed E-state index contributed by atoms with van der Waals surface area (Å²) in [7, 11) is 1.53. The number of rotatable bonds is 7. The molecule has 0 bridgehead atoms. The third-order valence-electron chi connectivity index (χ3n) is 3.95.